The van der Waals surface area contributed by atoms with Gasteiger partial charge in [-0.15, -0.1) is 0 Å². The van der Waals surface area contributed by atoms with Gasteiger partial charge in [0.15, 0.2) is 0 Å². The number of rotatable bonds is 2. The second kappa shape index (κ2) is 3.62. The standard InChI is InChI=1S/C8H9BrN4O/c1-5(14)2-6-3-11-13-7(9)4-10-8(13)12-6/h3-5,14H,2H2,1H3. The minimum atomic E-state index is -0.412. The predicted octanol–water partition coefficient (Wildman–Crippen LogP) is 0.810. The fourth-order valence-electron chi connectivity index (χ4n) is 1.18. The number of aliphatic hydroxyl groups excluding tert-OH is 1. The van der Waals surface area contributed by atoms with Crippen molar-refractivity contribution in [3.63, 3.8) is 0 Å². The van der Waals surface area contributed by atoms with Gasteiger partial charge in [0, 0.05) is 6.42 Å². The number of nitrogens with zero attached hydrogens (tertiary/aromatic N) is 4. The molecule has 0 aliphatic rings. The van der Waals surface area contributed by atoms with Crippen molar-refractivity contribution in [2.75, 3.05) is 0 Å². The van der Waals surface area contributed by atoms with Crippen LogP contribution >= 0.6 is 15.9 Å². The van der Waals surface area contributed by atoms with Crippen LogP contribution in [0.1, 0.15) is 12.6 Å². The van der Waals surface area contributed by atoms with Crippen molar-refractivity contribution in [1.29, 1.82) is 0 Å². The molecule has 1 atom stereocenters. The zero-order valence-electron chi connectivity index (χ0n) is 7.55. The van der Waals surface area contributed by atoms with E-state index in [1.54, 1.807) is 23.8 Å². The SMILES string of the molecule is CC(O)Cc1cnn2c(Br)cnc2n1. The van der Waals surface area contributed by atoms with E-state index in [1.807, 2.05) is 0 Å². The Morgan fingerprint density at radius 3 is 3.07 bits per heavy atom. The van der Waals surface area contributed by atoms with Gasteiger partial charge >= 0.3 is 0 Å². The maximum Gasteiger partial charge on any atom is 0.251 e. The zero-order valence-corrected chi connectivity index (χ0v) is 9.14. The highest BCUT2D eigenvalue weighted by Crippen LogP contribution is 2.09. The molecule has 0 spiro atoms. The minimum absolute atomic E-state index is 0.412. The normalized spacial score (nSPS) is 13.4. The first kappa shape index (κ1) is 9.54. The minimum Gasteiger partial charge on any atom is -0.393 e. The molecular formula is C8H9BrN4O. The Bertz CT molecular complexity index is 454. The number of aliphatic hydroxyl groups is 1. The van der Waals surface area contributed by atoms with Crippen molar-refractivity contribution in [2.45, 2.75) is 19.4 Å². The molecule has 74 valence electrons. The molecule has 6 heteroatoms. The molecule has 5 nitrogen and oxygen atoms in total. The van der Waals surface area contributed by atoms with Crippen molar-refractivity contribution in [3.05, 3.63) is 22.7 Å². The lowest BCUT2D eigenvalue weighted by atomic mass is 10.2. The largest absolute Gasteiger partial charge is 0.393 e. The highest BCUT2D eigenvalue weighted by atomic mass is 79.9. The number of fused-ring (bicyclic) bond motifs is 1. The summed E-state index contributed by atoms with van der Waals surface area (Å²) in [6, 6.07) is 0. The monoisotopic (exact) mass is 256 g/mol. The summed E-state index contributed by atoms with van der Waals surface area (Å²) in [5, 5.41) is 13.3. The van der Waals surface area contributed by atoms with E-state index >= 15 is 0 Å². The molecule has 2 rings (SSSR count). The average Bonchev–Trinajstić information content (AvgIpc) is 2.46. The van der Waals surface area contributed by atoms with Crippen LogP contribution in [0.5, 0.6) is 0 Å². The lowest BCUT2D eigenvalue weighted by molar-refractivity contribution is 0.194. The molecule has 0 saturated heterocycles. The highest BCUT2D eigenvalue weighted by Gasteiger charge is 2.06. The fraction of sp³-hybridized carbons (Fsp3) is 0.375. The van der Waals surface area contributed by atoms with Crippen LogP contribution in [0.2, 0.25) is 0 Å². The Hall–Kier alpha value is -1.01. The molecule has 0 saturated carbocycles. The maximum absolute atomic E-state index is 9.18. The van der Waals surface area contributed by atoms with E-state index in [1.165, 1.54) is 0 Å². The van der Waals surface area contributed by atoms with Crippen LogP contribution in [0, 0.1) is 0 Å². The van der Waals surface area contributed by atoms with E-state index in [-0.39, 0.29) is 0 Å². The molecule has 0 radical (unpaired) electrons. The summed E-state index contributed by atoms with van der Waals surface area (Å²) in [6.45, 7) is 1.72. The Balaban J connectivity index is 2.42. The molecule has 2 heterocycles. The first-order valence-electron chi connectivity index (χ1n) is 4.20. The molecule has 0 aromatic carbocycles. The van der Waals surface area contributed by atoms with Gasteiger partial charge in [-0.3, -0.25) is 0 Å². The van der Waals surface area contributed by atoms with Crippen LogP contribution in [-0.2, 0) is 6.42 Å². The van der Waals surface area contributed by atoms with Gasteiger partial charge in [0.1, 0.15) is 4.60 Å². The molecule has 1 N–H and O–H groups in total. The van der Waals surface area contributed by atoms with E-state index in [9.17, 15) is 5.11 Å². The van der Waals surface area contributed by atoms with E-state index in [0.717, 1.165) is 10.3 Å². The van der Waals surface area contributed by atoms with Crippen LogP contribution in [0.3, 0.4) is 0 Å². The summed E-state index contributed by atoms with van der Waals surface area (Å²) in [4.78, 5) is 8.28. The smallest absolute Gasteiger partial charge is 0.251 e. The molecule has 0 bridgehead atoms. The summed E-state index contributed by atoms with van der Waals surface area (Å²) in [7, 11) is 0. The molecule has 0 aliphatic carbocycles. The Kier molecular flexibility index (Phi) is 2.47. The number of imidazole rings is 1. The van der Waals surface area contributed by atoms with Gasteiger partial charge in [-0.05, 0) is 22.9 Å². The van der Waals surface area contributed by atoms with Crippen molar-refractivity contribution >= 4 is 21.7 Å². The number of aromatic nitrogens is 4. The van der Waals surface area contributed by atoms with Gasteiger partial charge in [0.2, 0.25) is 0 Å². The Morgan fingerprint density at radius 2 is 2.36 bits per heavy atom. The van der Waals surface area contributed by atoms with Gasteiger partial charge in [-0.1, -0.05) is 0 Å². The summed E-state index contributed by atoms with van der Waals surface area (Å²) in [5.41, 5.74) is 0.741. The second-order valence-electron chi connectivity index (χ2n) is 3.09. The average molecular weight is 257 g/mol. The topological polar surface area (TPSA) is 63.3 Å². The van der Waals surface area contributed by atoms with Crippen LogP contribution < -0.4 is 0 Å². The molecule has 2 aromatic heterocycles. The fourth-order valence-corrected chi connectivity index (χ4v) is 1.53. The van der Waals surface area contributed by atoms with Crippen molar-refractivity contribution in [3.8, 4) is 0 Å². The third kappa shape index (κ3) is 1.76. The summed E-state index contributed by atoms with van der Waals surface area (Å²) < 4.78 is 2.36. The third-order valence-corrected chi connectivity index (χ3v) is 2.29. The van der Waals surface area contributed by atoms with Gasteiger partial charge in [-0.25, -0.2) is 9.97 Å². The van der Waals surface area contributed by atoms with Gasteiger partial charge in [0.05, 0.1) is 24.2 Å². The zero-order chi connectivity index (χ0) is 10.1. The van der Waals surface area contributed by atoms with E-state index in [0.29, 0.717) is 12.2 Å². The van der Waals surface area contributed by atoms with Crippen LogP contribution in [0.4, 0.5) is 0 Å². The third-order valence-electron chi connectivity index (χ3n) is 1.75. The van der Waals surface area contributed by atoms with Crippen LogP contribution in [0.15, 0.2) is 17.0 Å². The Morgan fingerprint density at radius 1 is 1.57 bits per heavy atom. The lowest BCUT2D eigenvalue weighted by Gasteiger charge is -2.02. The van der Waals surface area contributed by atoms with Crippen molar-refractivity contribution in [1.82, 2.24) is 19.6 Å². The second-order valence-corrected chi connectivity index (χ2v) is 3.91. The van der Waals surface area contributed by atoms with Crippen molar-refractivity contribution < 1.29 is 5.11 Å². The molecule has 0 amide bonds. The number of hydrogen-bond donors (Lipinski definition) is 1. The van der Waals surface area contributed by atoms with Crippen molar-refractivity contribution in [2.24, 2.45) is 0 Å². The molecule has 0 fully saturated rings. The van der Waals surface area contributed by atoms with E-state index in [4.69, 9.17) is 0 Å². The van der Waals surface area contributed by atoms with Gasteiger partial charge in [0.25, 0.3) is 5.78 Å². The summed E-state index contributed by atoms with van der Waals surface area (Å²) in [6.07, 6.45) is 3.35. The molecule has 1 unspecified atom stereocenters. The van der Waals surface area contributed by atoms with Crippen LogP contribution in [0.25, 0.3) is 5.78 Å². The van der Waals surface area contributed by atoms with E-state index < -0.39 is 6.10 Å². The quantitative estimate of drug-likeness (QED) is 0.864. The number of hydrogen-bond acceptors (Lipinski definition) is 4. The van der Waals surface area contributed by atoms with Crippen LogP contribution in [-0.4, -0.2) is 30.8 Å². The first-order chi connectivity index (χ1) is 6.66. The van der Waals surface area contributed by atoms with Gasteiger partial charge < -0.3 is 5.11 Å². The highest BCUT2D eigenvalue weighted by molar-refractivity contribution is 9.10. The predicted molar refractivity (Wildman–Crippen MR) is 53.9 cm³/mol. The summed E-state index contributed by atoms with van der Waals surface area (Å²) >= 11 is 3.29. The maximum atomic E-state index is 9.18. The van der Waals surface area contributed by atoms with E-state index in [2.05, 4.69) is 31.0 Å². The lowest BCUT2D eigenvalue weighted by Crippen LogP contribution is -2.08. The molecule has 2 aromatic rings. The first-order valence-corrected chi connectivity index (χ1v) is 4.99. The number of halogens is 1. The molecule has 14 heavy (non-hydrogen) atoms. The molecular weight excluding hydrogens is 248 g/mol. The summed E-state index contributed by atoms with van der Waals surface area (Å²) in [5.74, 6) is 0.537. The van der Waals surface area contributed by atoms with Gasteiger partial charge in [-0.2, -0.15) is 9.61 Å². The molecule has 0 aliphatic heterocycles. The Labute approximate surface area is 88.9 Å².